The Morgan fingerprint density at radius 2 is 2.13 bits per heavy atom. The van der Waals surface area contributed by atoms with E-state index in [0.717, 1.165) is 31.3 Å². The van der Waals surface area contributed by atoms with Crippen molar-refractivity contribution < 1.29 is 4.74 Å². The quantitative estimate of drug-likeness (QED) is 0.720. The number of ether oxygens (including phenoxy) is 1. The molecule has 0 radical (unpaired) electrons. The van der Waals surface area contributed by atoms with Crippen molar-refractivity contribution in [2.75, 3.05) is 13.1 Å². The molecule has 4 unspecified atom stereocenters. The molecule has 1 saturated heterocycles. The summed E-state index contributed by atoms with van der Waals surface area (Å²) in [4.78, 5) is 0. The number of nitrogens with one attached hydrogen (secondary N) is 1. The molecular weight excluding hydrogens is 186 g/mol. The van der Waals surface area contributed by atoms with Gasteiger partial charge in [0.15, 0.2) is 0 Å². The van der Waals surface area contributed by atoms with Crippen LogP contribution in [0.25, 0.3) is 0 Å². The van der Waals surface area contributed by atoms with E-state index in [1.54, 1.807) is 0 Å². The second kappa shape index (κ2) is 4.42. The van der Waals surface area contributed by atoms with Crippen molar-refractivity contribution in [1.29, 1.82) is 0 Å². The van der Waals surface area contributed by atoms with E-state index in [1.165, 1.54) is 19.3 Å². The van der Waals surface area contributed by atoms with Crippen LogP contribution in [-0.2, 0) is 4.74 Å². The number of hydrogen-bond acceptors (Lipinski definition) is 2. The van der Waals surface area contributed by atoms with Crippen molar-refractivity contribution >= 4 is 0 Å². The minimum Gasteiger partial charge on any atom is -0.369 e. The standard InChI is InChI=1S/C13H25NO/c1-4-12-8-14-9-13(15-12)6-5-10(2)11(3)7-13/h10-12,14H,4-9H2,1-3H3. The van der Waals surface area contributed by atoms with Crippen molar-refractivity contribution in [3.05, 3.63) is 0 Å². The van der Waals surface area contributed by atoms with Gasteiger partial charge < -0.3 is 10.1 Å². The lowest BCUT2D eigenvalue weighted by Crippen LogP contribution is -2.56. The second-order valence-corrected chi connectivity index (χ2v) is 5.66. The Morgan fingerprint density at radius 3 is 2.80 bits per heavy atom. The van der Waals surface area contributed by atoms with Gasteiger partial charge in [-0.2, -0.15) is 0 Å². The zero-order valence-corrected chi connectivity index (χ0v) is 10.4. The summed E-state index contributed by atoms with van der Waals surface area (Å²) in [7, 11) is 0. The SMILES string of the molecule is CCC1CNCC2(CCC(C)C(C)C2)O1. The van der Waals surface area contributed by atoms with E-state index >= 15 is 0 Å². The molecule has 2 heteroatoms. The van der Waals surface area contributed by atoms with Crippen molar-refractivity contribution in [3.8, 4) is 0 Å². The Morgan fingerprint density at radius 1 is 1.33 bits per heavy atom. The first kappa shape index (κ1) is 11.4. The monoisotopic (exact) mass is 211 g/mol. The van der Waals surface area contributed by atoms with Crippen molar-refractivity contribution in [2.45, 2.75) is 58.2 Å². The second-order valence-electron chi connectivity index (χ2n) is 5.66. The van der Waals surface area contributed by atoms with Crippen LogP contribution in [0.15, 0.2) is 0 Å². The lowest BCUT2D eigenvalue weighted by atomic mass is 9.72. The molecule has 1 spiro atoms. The van der Waals surface area contributed by atoms with Crippen LogP contribution in [0, 0.1) is 11.8 Å². The fourth-order valence-corrected chi connectivity index (χ4v) is 3.06. The largest absolute Gasteiger partial charge is 0.369 e. The average Bonchev–Trinajstić information content (AvgIpc) is 2.24. The number of rotatable bonds is 1. The van der Waals surface area contributed by atoms with Gasteiger partial charge in [-0.15, -0.1) is 0 Å². The van der Waals surface area contributed by atoms with E-state index < -0.39 is 0 Å². The molecule has 2 fully saturated rings. The van der Waals surface area contributed by atoms with E-state index in [9.17, 15) is 0 Å². The Bertz CT molecular complexity index is 213. The van der Waals surface area contributed by atoms with Gasteiger partial charge in [-0.1, -0.05) is 20.8 Å². The molecule has 4 atom stereocenters. The predicted octanol–water partition coefficient (Wildman–Crippen LogP) is 2.58. The van der Waals surface area contributed by atoms with Crippen molar-refractivity contribution in [2.24, 2.45) is 11.8 Å². The van der Waals surface area contributed by atoms with E-state index in [4.69, 9.17) is 4.74 Å². The van der Waals surface area contributed by atoms with Crippen molar-refractivity contribution in [3.63, 3.8) is 0 Å². The van der Waals surface area contributed by atoms with Crippen LogP contribution in [-0.4, -0.2) is 24.8 Å². The highest BCUT2D eigenvalue weighted by Crippen LogP contribution is 2.40. The highest BCUT2D eigenvalue weighted by atomic mass is 16.5. The summed E-state index contributed by atoms with van der Waals surface area (Å²) in [5.74, 6) is 1.69. The van der Waals surface area contributed by atoms with Crippen LogP contribution in [0.1, 0.15) is 46.5 Å². The first-order valence-corrected chi connectivity index (χ1v) is 6.54. The summed E-state index contributed by atoms with van der Waals surface area (Å²) in [6.45, 7) is 9.10. The molecular formula is C13H25NO. The Labute approximate surface area is 93.8 Å². The van der Waals surface area contributed by atoms with Gasteiger partial charge in [0.2, 0.25) is 0 Å². The van der Waals surface area contributed by atoms with Crippen LogP contribution in [0.3, 0.4) is 0 Å². The zero-order chi connectivity index (χ0) is 10.9. The Balaban J connectivity index is 2.00. The molecule has 0 aromatic carbocycles. The lowest BCUT2D eigenvalue weighted by molar-refractivity contribution is -0.147. The third kappa shape index (κ3) is 2.36. The van der Waals surface area contributed by atoms with Crippen LogP contribution >= 0.6 is 0 Å². The fraction of sp³-hybridized carbons (Fsp3) is 1.00. The molecule has 2 aliphatic rings. The third-order valence-electron chi connectivity index (χ3n) is 4.41. The van der Waals surface area contributed by atoms with Gasteiger partial charge in [0.05, 0.1) is 11.7 Å². The maximum absolute atomic E-state index is 6.32. The average molecular weight is 211 g/mol. The molecule has 1 heterocycles. The zero-order valence-electron chi connectivity index (χ0n) is 10.4. The summed E-state index contributed by atoms with van der Waals surface area (Å²) in [6, 6.07) is 0. The van der Waals surface area contributed by atoms with Crippen LogP contribution < -0.4 is 5.32 Å². The van der Waals surface area contributed by atoms with Crippen LogP contribution in [0.5, 0.6) is 0 Å². The van der Waals surface area contributed by atoms with E-state index in [-0.39, 0.29) is 5.60 Å². The Hall–Kier alpha value is -0.0800. The van der Waals surface area contributed by atoms with Gasteiger partial charge in [0, 0.05) is 13.1 Å². The summed E-state index contributed by atoms with van der Waals surface area (Å²) in [5, 5.41) is 3.56. The Kier molecular flexibility index (Phi) is 3.36. The van der Waals surface area contributed by atoms with E-state index in [2.05, 4.69) is 26.1 Å². The first-order chi connectivity index (χ1) is 7.15. The smallest absolute Gasteiger partial charge is 0.0813 e. The molecule has 1 aliphatic heterocycles. The molecule has 1 aliphatic carbocycles. The molecule has 0 aromatic heterocycles. The summed E-state index contributed by atoms with van der Waals surface area (Å²) < 4.78 is 6.32. The van der Waals surface area contributed by atoms with Gasteiger partial charge in [-0.25, -0.2) is 0 Å². The molecule has 0 bridgehead atoms. The minimum atomic E-state index is 0.171. The van der Waals surface area contributed by atoms with Crippen LogP contribution in [0.2, 0.25) is 0 Å². The maximum Gasteiger partial charge on any atom is 0.0813 e. The fourth-order valence-electron chi connectivity index (χ4n) is 3.06. The van der Waals surface area contributed by atoms with E-state index in [1.807, 2.05) is 0 Å². The molecule has 1 saturated carbocycles. The number of hydrogen-bond donors (Lipinski definition) is 1. The highest BCUT2D eigenvalue weighted by molar-refractivity contribution is 4.94. The highest BCUT2D eigenvalue weighted by Gasteiger charge is 2.41. The first-order valence-electron chi connectivity index (χ1n) is 6.54. The summed E-state index contributed by atoms with van der Waals surface area (Å²) in [6.07, 6.45) is 5.41. The lowest BCUT2D eigenvalue weighted by Gasteiger charge is -2.47. The minimum absolute atomic E-state index is 0.171. The summed E-state index contributed by atoms with van der Waals surface area (Å²) >= 11 is 0. The maximum atomic E-state index is 6.32. The molecule has 0 amide bonds. The summed E-state index contributed by atoms with van der Waals surface area (Å²) in [5.41, 5.74) is 0.171. The molecule has 2 nitrogen and oxygen atoms in total. The van der Waals surface area contributed by atoms with Gasteiger partial charge >= 0.3 is 0 Å². The predicted molar refractivity (Wildman–Crippen MR) is 62.9 cm³/mol. The molecule has 15 heavy (non-hydrogen) atoms. The normalized spacial score (nSPS) is 47.0. The molecule has 88 valence electrons. The van der Waals surface area contributed by atoms with Gasteiger partial charge in [-0.05, 0) is 37.5 Å². The molecule has 0 aromatic rings. The third-order valence-corrected chi connectivity index (χ3v) is 4.41. The topological polar surface area (TPSA) is 21.3 Å². The van der Waals surface area contributed by atoms with Gasteiger partial charge in [0.25, 0.3) is 0 Å². The van der Waals surface area contributed by atoms with Gasteiger partial charge in [0.1, 0.15) is 0 Å². The van der Waals surface area contributed by atoms with E-state index in [0.29, 0.717) is 6.10 Å². The number of morpholine rings is 1. The molecule has 2 rings (SSSR count). The van der Waals surface area contributed by atoms with Crippen molar-refractivity contribution in [1.82, 2.24) is 5.32 Å². The molecule has 1 N–H and O–H groups in total. The van der Waals surface area contributed by atoms with Crippen LogP contribution in [0.4, 0.5) is 0 Å². The van der Waals surface area contributed by atoms with Gasteiger partial charge in [-0.3, -0.25) is 0 Å².